The Morgan fingerprint density at radius 1 is 0.842 bits per heavy atom. The average Bonchev–Trinajstić information content (AvgIpc) is 2.43. The van der Waals surface area contributed by atoms with E-state index in [1.807, 2.05) is 0 Å². The van der Waals surface area contributed by atoms with Gasteiger partial charge in [-0.2, -0.15) is 0 Å². The highest BCUT2D eigenvalue weighted by atomic mass is 79.9. The molecule has 0 aliphatic carbocycles. The molecule has 0 rings (SSSR count). The highest BCUT2D eigenvalue weighted by molar-refractivity contribution is 9.09. The maximum Gasteiger partial charge on any atom is 0.0558 e. The zero-order valence-corrected chi connectivity index (χ0v) is 14.6. The van der Waals surface area contributed by atoms with Crippen LogP contribution in [0.5, 0.6) is 0 Å². The molecule has 0 unspecified atom stereocenters. The Balaban J connectivity index is 3.58. The number of hydrogen-bond acceptors (Lipinski definition) is 2. The van der Waals surface area contributed by atoms with Crippen molar-refractivity contribution in [1.82, 2.24) is 4.90 Å². The molecular weight excluding hydrogens is 302 g/mol. The first-order chi connectivity index (χ1) is 9.29. The summed E-state index contributed by atoms with van der Waals surface area (Å²) in [5, 5.41) is 10.3. The van der Waals surface area contributed by atoms with Crippen LogP contribution >= 0.6 is 15.9 Å². The number of halogens is 1. The number of hydrogen-bond donors (Lipinski definition) is 1. The van der Waals surface area contributed by atoms with Crippen LogP contribution in [-0.2, 0) is 0 Å². The predicted octanol–water partition coefficient (Wildman–Crippen LogP) is 4.59. The van der Waals surface area contributed by atoms with Gasteiger partial charge < -0.3 is 5.11 Å². The first-order valence-electron chi connectivity index (χ1n) is 8.20. The molecule has 0 aromatic carbocycles. The molecule has 3 heteroatoms. The fourth-order valence-electron chi connectivity index (χ4n) is 2.70. The molecule has 0 fully saturated rings. The minimum atomic E-state index is 0.295. The summed E-state index contributed by atoms with van der Waals surface area (Å²) >= 11 is 3.48. The van der Waals surface area contributed by atoms with Gasteiger partial charge in [-0.1, -0.05) is 61.9 Å². The third-order valence-corrected chi connectivity index (χ3v) is 4.49. The SMILES string of the molecule is CCC(CC)N(CCO)CCCCCCCCCBr. The fourth-order valence-corrected chi connectivity index (χ4v) is 3.10. The van der Waals surface area contributed by atoms with Gasteiger partial charge in [-0.05, 0) is 32.2 Å². The molecule has 0 aromatic rings. The van der Waals surface area contributed by atoms with Gasteiger partial charge in [0.15, 0.2) is 0 Å². The largest absolute Gasteiger partial charge is 0.395 e. The maximum absolute atomic E-state index is 9.15. The Morgan fingerprint density at radius 2 is 1.37 bits per heavy atom. The second-order valence-corrected chi connectivity index (χ2v) is 6.19. The normalized spacial score (nSPS) is 11.7. The molecule has 0 saturated heterocycles. The van der Waals surface area contributed by atoms with Crippen LogP contribution in [-0.4, -0.2) is 41.1 Å². The predicted molar refractivity (Wildman–Crippen MR) is 89.1 cm³/mol. The molecule has 0 aliphatic heterocycles. The van der Waals surface area contributed by atoms with Crippen molar-refractivity contribution in [2.75, 3.05) is 25.0 Å². The lowest BCUT2D eigenvalue weighted by Crippen LogP contribution is -2.37. The monoisotopic (exact) mass is 335 g/mol. The second kappa shape index (κ2) is 14.8. The van der Waals surface area contributed by atoms with Crippen LogP contribution in [0.3, 0.4) is 0 Å². The maximum atomic E-state index is 9.15. The van der Waals surface area contributed by atoms with E-state index in [2.05, 4.69) is 34.7 Å². The van der Waals surface area contributed by atoms with Gasteiger partial charge in [0.1, 0.15) is 0 Å². The van der Waals surface area contributed by atoms with E-state index in [4.69, 9.17) is 5.11 Å². The smallest absolute Gasteiger partial charge is 0.0558 e. The summed E-state index contributed by atoms with van der Waals surface area (Å²) in [7, 11) is 0. The van der Waals surface area contributed by atoms with E-state index in [0.717, 1.165) is 18.4 Å². The van der Waals surface area contributed by atoms with E-state index >= 15 is 0 Å². The van der Waals surface area contributed by atoms with E-state index in [1.54, 1.807) is 0 Å². The summed E-state index contributed by atoms with van der Waals surface area (Å²) < 4.78 is 0. The molecule has 0 bridgehead atoms. The standard InChI is InChI=1S/C16H34BrNO/c1-3-16(4-2)18(14-15-19)13-11-9-7-5-6-8-10-12-17/h16,19H,3-15H2,1-2H3. The van der Waals surface area contributed by atoms with Gasteiger partial charge >= 0.3 is 0 Å². The van der Waals surface area contributed by atoms with Crippen molar-refractivity contribution in [2.24, 2.45) is 0 Å². The number of unbranched alkanes of at least 4 members (excludes halogenated alkanes) is 6. The third-order valence-electron chi connectivity index (χ3n) is 3.93. The topological polar surface area (TPSA) is 23.5 Å². The minimum Gasteiger partial charge on any atom is -0.395 e. The molecule has 2 nitrogen and oxygen atoms in total. The van der Waals surface area contributed by atoms with Crippen molar-refractivity contribution in [3.05, 3.63) is 0 Å². The molecule has 0 aliphatic rings. The van der Waals surface area contributed by atoms with Crippen molar-refractivity contribution in [3.63, 3.8) is 0 Å². The zero-order chi connectivity index (χ0) is 14.3. The van der Waals surface area contributed by atoms with E-state index in [-0.39, 0.29) is 0 Å². The van der Waals surface area contributed by atoms with Crippen molar-refractivity contribution < 1.29 is 5.11 Å². The summed E-state index contributed by atoms with van der Waals surface area (Å²) in [6.07, 6.45) is 11.9. The summed E-state index contributed by atoms with van der Waals surface area (Å²) in [5.41, 5.74) is 0. The Labute approximate surface area is 129 Å². The van der Waals surface area contributed by atoms with Crippen molar-refractivity contribution in [2.45, 2.75) is 77.7 Å². The fraction of sp³-hybridized carbons (Fsp3) is 1.00. The van der Waals surface area contributed by atoms with Crippen LogP contribution in [0.2, 0.25) is 0 Å². The lowest BCUT2D eigenvalue weighted by Gasteiger charge is -2.29. The van der Waals surface area contributed by atoms with Gasteiger partial charge in [0.05, 0.1) is 6.61 Å². The summed E-state index contributed by atoms with van der Waals surface area (Å²) in [6.45, 7) is 6.81. The molecule has 0 atom stereocenters. The van der Waals surface area contributed by atoms with Gasteiger partial charge in [0.25, 0.3) is 0 Å². The summed E-state index contributed by atoms with van der Waals surface area (Å²) in [5.74, 6) is 0. The molecule has 116 valence electrons. The van der Waals surface area contributed by atoms with E-state index in [0.29, 0.717) is 12.6 Å². The molecular formula is C16H34BrNO. The van der Waals surface area contributed by atoms with E-state index < -0.39 is 0 Å². The highest BCUT2D eigenvalue weighted by Gasteiger charge is 2.13. The highest BCUT2D eigenvalue weighted by Crippen LogP contribution is 2.12. The Morgan fingerprint density at radius 3 is 1.84 bits per heavy atom. The molecule has 0 saturated carbocycles. The first-order valence-corrected chi connectivity index (χ1v) is 9.33. The van der Waals surface area contributed by atoms with Crippen molar-refractivity contribution in [1.29, 1.82) is 0 Å². The molecule has 0 radical (unpaired) electrons. The molecule has 1 N–H and O–H groups in total. The van der Waals surface area contributed by atoms with Crippen LogP contribution in [0.1, 0.15) is 71.6 Å². The van der Waals surface area contributed by atoms with Crippen LogP contribution in [0.25, 0.3) is 0 Å². The lowest BCUT2D eigenvalue weighted by molar-refractivity contribution is 0.141. The minimum absolute atomic E-state index is 0.295. The van der Waals surface area contributed by atoms with Crippen LogP contribution in [0.4, 0.5) is 0 Å². The second-order valence-electron chi connectivity index (χ2n) is 5.39. The van der Waals surface area contributed by atoms with E-state index in [1.165, 1.54) is 57.8 Å². The van der Waals surface area contributed by atoms with Gasteiger partial charge in [-0.15, -0.1) is 0 Å². The van der Waals surface area contributed by atoms with Gasteiger partial charge in [-0.3, -0.25) is 4.90 Å². The third kappa shape index (κ3) is 10.8. The van der Waals surface area contributed by atoms with Gasteiger partial charge in [0, 0.05) is 17.9 Å². The molecule has 0 heterocycles. The Bertz CT molecular complexity index is 174. The van der Waals surface area contributed by atoms with Crippen LogP contribution < -0.4 is 0 Å². The Kier molecular flexibility index (Phi) is 15.1. The average molecular weight is 336 g/mol. The number of aliphatic hydroxyl groups is 1. The molecule has 0 aromatic heterocycles. The summed E-state index contributed by atoms with van der Waals surface area (Å²) in [4.78, 5) is 2.48. The molecule has 0 amide bonds. The van der Waals surface area contributed by atoms with Gasteiger partial charge in [0.2, 0.25) is 0 Å². The first kappa shape index (κ1) is 19.4. The van der Waals surface area contributed by atoms with E-state index in [9.17, 15) is 0 Å². The van der Waals surface area contributed by atoms with Gasteiger partial charge in [-0.25, -0.2) is 0 Å². The lowest BCUT2D eigenvalue weighted by atomic mass is 10.1. The number of nitrogens with zero attached hydrogens (tertiary/aromatic N) is 1. The number of rotatable bonds is 14. The quantitative estimate of drug-likeness (QED) is 0.370. The van der Waals surface area contributed by atoms with Crippen LogP contribution in [0, 0.1) is 0 Å². The van der Waals surface area contributed by atoms with Crippen molar-refractivity contribution in [3.8, 4) is 0 Å². The molecule has 19 heavy (non-hydrogen) atoms. The number of aliphatic hydroxyl groups excluding tert-OH is 1. The summed E-state index contributed by atoms with van der Waals surface area (Å²) in [6, 6.07) is 0.658. The Hall–Kier alpha value is 0.400. The number of alkyl halides is 1. The van der Waals surface area contributed by atoms with Crippen LogP contribution in [0.15, 0.2) is 0 Å². The zero-order valence-electron chi connectivity index (χ0n) is 13.0. The molecule has 0 spiro atoms. The van der Waals surface area contributed by atoms with Crippen molar-refractivity contribution >= 4 is 15.9 Å².